The highest BCUT2D eigenvalue weighted by atomic mass is 19.1. The minimum Gasteiger partial charge on any atom is -0.497 e. The Kier molecular flexibility index (Phi) is 9.15. The van der Waals surface area contributed by atoms with Gasteiger partial charge < -0.3 is 19.3 Å². The van der Waals surface area contributed by atoms with Crippen molar-refractivity contribution in [3.63, 3.8) is 0 Å². The van der Waals surface area contributed by atoms with Crippen molar-refractivity contribution in [2.75, 3.05) is 33.4 Å². The lowest BCUT2D eigenvalue weighted by atomic mass is 9.98. The third-order valence-corrected chi connectivity index (χ3v) is 9.77. The minimum absolute atomic E-state index is 0.0871. The maximum Gasteiger partial charge on any atom is 0.410 e. The van der Waals surface area contributed by atoms with Crippen LogP contribution in [-0.2, 0) is 20.9 Å². The summed E-state index contributed by atoms with van der Waals surface area (Å²) in [5.74, 6) is -0.286. The Morgan fingerprint density at radius 3 is 2.22 bits per heavy atom. The lowest BCUT2D eigenvalue weighted by Crippen LogP contribution is -2.52. The Hall–Kier alpha value is -5.44. The molecule has 4 aromatic rings. The van der Waals surface area contributed by atoms with Crippen molar-refractivity contribution in [1.82, 2.24) is 14.7 Å². The van der Waals surface area contributed by atoms with Crippen LogP contribution in [0.2, 0.25) is 0 Å². The number of likely N-dealkylation sites (tertiary alicyclic amines) is 1. The van der Waals surface area contributed by atoms with E-state index in [1.54, 1.807) is 24.1 Å². The van der Waals surface area contributed by atoms with Crippen molar-refractivity contribution >= 4 is 17.9 Å². The smallest absolute Gasteiger partial charge is 0.410 e. The SMILES string of the molecule is COc1ccc([C@H]2/C=C\CN(C(=O)[C@H]3CCCN3C(=O)OCC3c4ccccc4-c4ccccc43)CC(=O)N2Cc2ccc(F)cc2)cc1. The van der Waals surface area contributed by atoms with Crippen molar-refractivity contribution in [2.24, 2.45) is 0 Å². The van der Waals surface area contributed by atoms with Crippen molar-refractivity contribution in [3.8, 4) is 16.9 Å². The number of hydrogen-bond donors (Lipinski definition) is 0. The fourth-order valence-electron chi connectivity index (χ4n) is 7.26. The van der Waals surface area contributed by atoms with Gasteiger partial charge in [-0.2, -0.15) is 0 Å². The number of carbonyl (C=O) groups excluding carboxylic acids is 3. The van der Waals surface area contributed by atoms with E-state index in [1.807, 2.05) is 60.7 Å². The van der Waals surface area contributed by atoms with Gasteiger partial charge in [-0.15, -0.1) is 0 Å². The van der Waals surface area contributed by atoms with Gasteiger partial charge in [0.2, 0.25) is 11.8 Å². The zero-order valence-electron chi connectivity index (χ0n) is 27.3. The quantitative estimate of drug-likeness (QED) is 0.206. The first-order valence-electron chi connectivity index (χ1n) is 16.7. The molecular weight excluding hydrogens is 621 g/mol. The summed E-state index contributed by atoms with van der Waals surface area (Å²) in [4.78, 5) is 46.4. The normalized spacial score (nSPS) is 19.6. The molecule has 0 saturated carbocycles. The molecule has 2 heterocycles. The molecule has 1 saturated heterocycles. The molecule has 0 N–H and O–H groups in total. The van der Waals surface area contributed by atoms with E-state index in [2.05, 4.69) is 24.3 Å². The van der Waals surface area contributed by atoms with E-state index in [1.165, 1.54) is 21.9 Å². The molecular formula is C40H38FN3O5. The monoisotopic (exact) mass is 659 g/mol. The second-order valence-electron chi connectivity index (χ2n) is 12.7. The predicted molar refractivity (Wildman–Crippen MR) is 183 cm³/mol. The zero-order chi connectivity index (χ0) is 33.9. The summed E-state index contributed by atoms with van der Waals surface area (Å²) < 4.78 is 25.0. The topological polar surface area (TPSA) is 79.4 Å². The summed E-state index contributed by atoms with van der Waals surface area (Å²) in [6.45, 7) is 0.849. The molecule has 3 amide bonds. The van der Waals surface area contributed by atoms with Gasteiger partial charge in [-0.05, 0) is 70.5 Å². The molecule has 1 aliphatic carbocycles. The Balaban J connectivity index is 1.07. The van der Waals surface area contributed by atoms with Gasteiger partial charge in [0.25, 0.3) is 0 Å². The number of fused-ring (bicyclic) bond motifs is 3. The fourth-order valence-corrected chi connectivity index (χ4v) is 7.26. The molecule has 9 heteroatoms. The maximum absolute atomic E-state index is 14.1. The highest BCUT2D eigenvalue weighted by molar-refractivity contribution is 5.90. The fraction of sp³-hybridized carbons (Fsp3) is 0.275. The molecule has 3 aliphatic rings. The van der Waals surface area contributed by atoms with Crippen LogP contribution < -0.4 is 4.74 Å². The van der Waals surface area contributed by atoms with E-state index in [4.69, 9.17) is 9.47 Å². The highest BCUT2D eigenvalue weighted by Gasteiger charge is 2.40. The number of amides is 3. The molecule has 0 radical (unpaired) electrons. The van der Waals surface area contributed by atoms with Crippen molar-refractivity contribution < 1.29 is 28.2 Å². The zero-order valence-corrected chi connectivity index (χ0v) is 27.3. The van der Waals surface area contributed by atoms with Gasteiger partial charge in [0.15, 0.2) is 0 Å². The number of ether oxygens (including phenoxy) is 2. The maximum atomic E-state index is 14.1. The first-order valence-corrected chi connectivity index (χ1v) is 16.7. The summed E-state index contributed by atoms with van der Waals surface area (Å²) in [6.07, 6.45) is 4.44. The number of halogens is 1. The van der Waals surface area contributed by atoms with Crippen LogP contribution >= 0.6 is 0 Å². The second-order valence-corrected chi connectivity index (χ2v) is 12.7. The Labute approximate surface area is 285 Å². The molecule has 0 unspecified atom stereocenters. The molecule has 7 rings (SSSR count). The van der Waals surface area contributed by atoms with E-state index in [9.17, 15) is 18.8 Å². The van der Waals surface area contributed by atoms with Crippen molar-refractivity contribution in [1.29, 1.82) is 0 Å². The molecule has 4 aromatic carbocycles. The van der Waals surface area contributed by atoms with Crippen LogP contribution in [0.3, 0.4) is 0 Å². The number of rotatable bonds is 7. The number of benzene rings is 4. The number of carbonyl (C=O) groups is 3. The Morgan fingerprint density at radius 1 is 0.878 bits per heavy atom. The number of hydrogen-bond acceptors (Lipinski definition) is 5. The van der Waals surface area contributed by atoms with Crippen LogP contribution in [0.15, 0.2) is 109 Å². The van der Waals surface area contributed by atoms with Gasteiger partial charge in [-0.25, -0.2) is 9.18 Å². The molecule has 250 valence electrons. The molecule has 0 bridgehead atoms. The second kappa shape index (κ2) is 14.0. The molecule has 0 spiro atoms. The average molecular weight is 660 g/mol. The Bertz CT molecular complexity index is 1830. The van der Waals surface area contributed by atoms with Crippen LogP contribution in [0.25, 0.3) is 11.1 Å². The van der Waals surface area contributed by atoms with Crippen LogP contribution in [0.4, 0.5) is 9.18 Å². The van der Waals surface area contributed by atoms with Gasteiger partial charge in [-0.3, -0.25) is 14.5 Å². The first-order chi connectivity index (χ1) is 23.9. The summed E-state index contributed by atoms with van der Waals surface area (Å²) in [7, 11) is 1.60. The molecule has 0 aromatic heterocycles. The minimum atomic E-state index is -0.723. The first kappa shape index (κ1) is 32.1. The van der Waals surface area contributed by atoms with Crippen molar-refractivity contribution in [2.45, 2.75) is 37.4 Å². The predicted octanol–water partition coefficient (Wildman–Crippen LogP) is 6.72. The van der Waals surface area contributed by atoms with Crippen LogP contribution in [0, 0.1) is 5.82 Å². The van der Waals surface area contributed by atoms with E-state index in [-0.39, 0.29) is 49.8 Å². The van der Waals surface area contributed by atoms with Crippen molar-refractivity contribution in [3.05, 3.63) is 137 Å². The van der Waals surface area contributed by atoms with Gasteiger partial charge in [0.1, 0.15) is 30.8 Å². The molecule has 1 fully saturated rings. The van der Waals surface area contributed by atoms with E-state index < -0.39 is 18.2 Å². The summed E-state index contributed by atoms with van der Waals surface area (Å²) >= 11 is 0. The molecule has 2 aliphatic heterocycles. The third kappa shape index (κ3) is 6.53. The average Bonchev–Trinajstić information content (AvgIpc) is 3.75. The summed E-state index contributed by atoms with van der Waals surface area (Å²) in [5.41, 5.74) is 6.17. The number of methoxy groups -OCH3 is 1. The van der Waals surface area contributed by atoms with Gasteiger partial charge in [0, 0.05) is 25.6 Å². The lowest BCUT2D eigenvalue weighted by Gasteiger charge is -2.36. The lowest BCUT2D eigenvalue weighted by molar-refractivity contribution is -0.144. The summed E-state index contributed by atoms with van der Waals surface area (Å²) in [6, 6.07) is 28.8. The molecule has 49 heavy (non-hydrogen) atoms. The van der Waals surface area contributed by atoms with Crippen LogP contribution in [0.5, 0.6) is 5.75 Å². The van der Waals surface area contributed by atoms with E-state index >= 15 is 0 Å². The van der Waals surface area contributed by atoms with Crippen LogP contribution in [0.1, 0.15) is 47.1 Å². The Morgan fingerprint density at radius 2 is 1.55 bits per heavy atom. The van der Waals surface area contributed by atoms with E-state index in [0.29, 0.717) is 25.1 Å². The van der Waals surface area contributed by atoms with Gasteiger partial charge >= 0.3 is 6.09 Å². The standard InChI is InChI=1S/C40H38FN3O5/c1-48-30-20-16-28(17-21-30)36-12-6-22-42(25-38(45)44(36)24-27-14-18-29(41)19-15-27)39(46)37-13-7-23-43(37)40(47)49-26-35-33-10-4-2-8-31(33)32-9-3-5-11-34(32)35/h2-6,8-12,14-21,35-37H,7,13,22-26H2,1H3/b12-6-/t36-,37-/m1/s1. The highest BCUT2D eigenvalue weighted by Crippen LogP contribution is 2.44. The summed E-state index contributed by atoms with van der Waals surface area (Å²) in [5, 5.41) is 0. The molecule has 2 atom stereocenters. The van der Waals surface area contributed by atoms with Gasteiger partial charge in [0.05, 0.1) is 13.2 Å². The molecule has 8 nitrogen and oxygen atoms in total. The van der Waals surface area contributed by atoms with E-state index in [0.717, 1.165) is 33.4 Å². The van der Waals surface area contributed by atoms with Gasteiger partial charge in [-0.1, -0.05) is 84.9 Å². The number of nitrogens with zero attached hydrogens (tertiary/aromatic N) is 3. The largest absolute Gasteiger partial charge is 0.497 e. The van der Waals surface area contributed by atoms with Crippen LogP contribution in [-0.4, -0.2) is 72.0 Å². The third-order valence-electron chi connectivity index (χ3n) is 9.77.